The van der Waals surface area contributed by atoms with Crippen LogP contribution in [-0.2, 0) is 6.54 Å². The lowest BCUT2D eigenvalue weighted by atomic mass is 10.2. The summed E-state index contributed by atoms with van der Waals surface area (Å²) in [5.74, 6) is -0.0329. The van der Waals surface area contributed by atoms with Crippen molar-refractivity contribution >= 4 is 28.4 Å². The highest BCUT2D eigenvalue weighted by molar-refractivity contribution is 6.04. The fraction of sp³-hybridized carbons (Fsp3) is 0.217. The number of primary amides is 1. The molecule has 170 valence electrons. The van der Waals surface area contributed by atoms with E-state index in [2.05, 4.69) is 15.3 Å². The van der Waals surface area contributed by atoms with E-state index in [0.29, 0.717) is 35.0 Å². The van der Waals surface area contributed by atoms with E-state index in [1.165, 1.54) is 19.2 Å². The summed E-state index contributed by atoms with van der Waals surface area (Å²) in [5.41, 5.74) is 9.05. The maximum Gasteiger partial charge on any atom is 0.304 e. The highest BCUT2D eigenvalue weighted by Gasteiger charge is 2.22. The molecule has 10 heteroatoms. The molecule has 0 fully saturated rings. The minimum Gasteiger partial charge on any atom is -0.468 e. The molecule has 0 spiro atoms. The van der Waals surface area contributed by atoms with E-state index >= 15 is 0 Å². The fourth-order valence-electron chi connectivity index (χ4n) is 3.75. The molecule has 0 bridgehead atoms. The van der Waals surface area contributed by atoms with Gasteiger partial charge in [0, 0.05) is 20.6 Å². The van der Waals surface area contributed by atoms with E-state index < -0.39 is 5.91 Å². The number of para-hydroxylation sites is 1. The molecule has 0 radical (unpaired) electrons. The number of carbonyl (C=O) groups is 1. The zero-order valence-electron chi connectivity index (χ0n) is 18.8. The Morgan fingerprint density at radius 2 is 1.94 bits per heavy atom. The number of halogens is 1. The summed E-state index contributed by atoms with van der Waals surface area (Å²) in [6, 6.07) is 11.7. The number of fused-ring (bicyclic) bond motifs is 1. The van der Waals surface area contributed by atoms with Crippen LogP contribution >= 0.6 is 0 Å². The Hall–Kier alpha value is -4.21. The van der Waals surface area contributed by atoms with E-state index in [9.17, 15) is 9.18 Å². The van der Waals surface area contributed by atoms with Gasteiger partial charge in [-0.25, -0.2) is 13.9 Å². The smallest absolute Gasteiger partial charge is 0.304 e. The average molecular weight is 449 g/mol. The first-order chi connectivity index (χ1) is 15.8. The number of hydrogen-bond donors (Lipinski definition) is 2. The highest BCUT2D eigenvalue weighted by atomic mass is 19.1. The number of aromatic nitrogens is 4. The van der Waals surface area contributed by atoms with Gasteiger partial charge in [0.25, 0.3) is 5.91 Å². The van der Waals surface area contributed by atoms with Gasteiger partial charge >= 0.3 is 6.01 Å². The van der Waals surface area contributed by atoms with Gasteiger partial charge in [-0.2, -0.15) is 9.97 Å². The molecule has 0 unspecified atom stereocenters. The first kappa shape index (κ1) is 22.0. The molecule has 0 aliphatic rings. The van der Waals surface area contributed by atoms with Crippen molar-refractivity contribution in [3.63, 3.8) is 0 Å². The van der Waals surface area contributed by atoms with Gasteiger partial charge in [-0.15, -0.1) is 0 Å². The van der Waals surface area contributed by atoms with Crippen LogP contribution in [0.15, 0.2) is 42.5 Å². The summed E-state index contributed by atoms with van der Waals surface area (Å²) in [5, 5.41) is 3.29. The third-order valence-electron chi connectivity index (χ3n) is 5.15. The lowest BCUT2D eigenvalue weighted by Gasteiger charge is -2.21. The van der Waals surface area contributed by atoms with Crippen molar-refractivity contribution in [1.29, 1.82) is 0 Å². The van der Waals surface area contributed by atoms with Crippen molar-refractivity contribution in [2.24, 2.45) is 5.73 Å². The quantitative estimate of drug-likeness (QED) is 0.446. The van der Waals surface area contributed by atoms with Crippen LogP contribution in [0, 0.1) is 12.7 Å². The van der Waals surface area contributed by atoms with Crippen LogP contribution in [-0.4, -0.2) is 46.6 Å². The molecule has 0 atom stereocenters. The van der Waals surface area contributed by atoms with Crippen LogP contribution in [0.25, 0.3) is 17.0 Å². The summed E-state index contributed by atoms with van der Waals surface area (Å²) < 4.78 is 20.7. The number of anilines is 2. The number of aryl methyl sites for hydroxylation is 1. The number of benzene rings is 2. The van der Waals surface area contributed by atoms with Crippen molar-refractivity contribution in [2.45, 2.75) is 13.5 Å². The Morgan fingerprint density at radius 3 is 2.61 bits per heavy atom. The minimum absolute atomic E-state index is 0.215. The van der Waals surface area contributed by atoms with Gasteiger partial charge in [0.1, 0.15) is 17.0 Å². The van der Waals surface area contributed by atoms with Gasteiger partial charge in [-0.05, 0) is 36.8 Å². The Labute approximate surface area is 190 Å². The molecular formula is C23H24FN7O2. The summed E-state index contributed by atoms with van der Waals surface area (Å²) in [4.78, 5) is 27.6. The third kappa shape index (κ3) is 4.14. The SMILES string of the molecule is COc1nc2c(C(N)=O)cccc2n1-c1nc(C)c(N(C)C)c(NCc2cccc(F)c2)n1. The van der Waals surface area contributed by atoms with Crippen molar-refractivity contribution in [2.75, 3.05) is 31.4 Å². The first-order valence-electron chi connectivity index (χ1n) is 10.2. The second kappa shape index (κ2) is 8.73. The molecule has 1 amide bonds. The second-order valence-corrected chi connectivity index (χ2v) is 7.66. The maximum atomic E-state index is 13.6. The summed E-state index contributed by atoms with van der Waals surface area (Å²) in [6.45, 7) is 2.23. The molecule has 2 aromatic heterocycles. The van der Waals surface area contributed by atoms with Crippen LogP contribution in [0.2, 0.25) is 0 Å². The number of carbonyl (C=O) groups excluding carboxylic acids is 1. The number of nitrogens with one attached hydrogen (secondary N) is 1. The lowest BCUT2D eigenvalue weighted by molar-refractivity contribution is 0.100. The third-order valence-corrected chi connectivity index (χ3v) is 5.15. The monoisotopic (exact) mass is 449 g/mol. The zero-order chi connectivity index (χ0) is 23.7. The predicted molar refractivity (Wildman–Crippen MR) is 125 cm³/mol. The number of amides is 1. The first-order valence-corrected chi connectivity index (χ1v) is 10.2. The van der Waals surface area contributed by atoms with E-state index in [4.69, 9.17) is 15.5 Å². The Balaban J connectivity index is 1.86. The Morgan fingerprint density at radius 1 is 1.18 bits per heavy atom. The number of ether oxygens (including phenoxy) is 1. The molecule has 0 saturated heterocycles. The molecule has 9 nitrogen and oxygen atoms in total. The van der Waals surface area contributed by atoms with Crippen molar-refractivity contribution in [3.8, 4) is 12.0 Å². The largest absolute Gasteiger partial charge is 0.468 e. The number of nitrogens with two attached hydrogens (primary N) is 1. The van der Waals surface area contributed by atoms with Crippen LogP contribution in [0.5, 0.6) is 6.01 Å². The number of hydrogen-bond acceptors (Lipinski definition) is 7. The van der Waals surface area contributed by atoms with Crippen LogP contribution in [0.3, 0.4) is 0 Å². The predicted octanol–water partition coefficient (Wildman–Crippen LogP) is 3.05. The summed E-state index contributed by atoms with van der Waals surface area (Å²) >= 11 is 0. The summed E-state index contributed by atoms with van der Waals surface area (Å²) in [7, 11) is 5.27. The molecule has 2 heterocycles. The van der Waals surface area contributed by atoms with Gasteiger partial charge in [0.05, 0.1) is 23.9 Å². The molecule has 2 aromatic carbocycles. The van der Waals surface area contributed by atoms with Gasteiger partial charge < -0.3 is 20.7 Å². The number of imidazole rings is 1. The fourth-order valence-corrected chi connectivity index (χ4v) is 3.75. The maximum absolute atomic E-state index is 13.6. The average Bonchev–Trinajstić information content (AvgIpc) is 3.15. The Bertz CT molecular complexity index is 1350. The van der Waals surface area contributed by atoms with E-state index in [1.807, 2.05) is 32.0 Å². The van der Waals surface area contributed by atoms with Crippen LogP contribution < -0.4 is 20.7 Å². The minimum atomic E-state index is -0.592. The van der Waals surface area contributed by atoms with Crippen molar-refractivity contribution in [1.82, 2.24) is 19.5 Å². The van der Waals surface area contributed by atoms with Crippen molar-refractivity contribution < 1.29 is 13.9 Å². The molecule has 0 saturated carbocycles. The molecule has 4 rings (SSSR count). The molecule has 0 aliphatic heterocycles. The normalized spacial score (nSPS) is 10.9. The number of methoxy groups -OCH3 is 1. The topological polar surface area (TPSA) is 111 Å². The van der Waals surface area contributed by atoms with Crippen molar-refractivity contribution in [3.05, 3.63) is 65.1 Å². The molecule has 3 N–H and O–H groups in total. The van der Waals surface area contributed by atoms with Gasteiger partial charge in [0.15, 0.2) is 5.82 Å². The van der Waals surface area contributed by atoms with Crippen LogP contribution in [0.1, 0.15) is 21.6 Å². The highest BCUT2D eigenvalue weighted by Crippen LogP contribution is 2.31. The molecule has 4 aromatic rings. The molecule has 0 aliphatic carbocycles. The van der Waals surface area contributed by atoms with E-state index in [1.54, 1.807) is 28.8 Å². The lowest BCUT2D eigenvalue weighted by Crippen LogP contribution is -2.18. The van der Waals surface area contributed by atoms with Gasteiger partial charge in [0.2, 0.25) is 5.95 Å². The Kier molecular flexibility index (Phi) is 5.82. The van der Waals surface area contributed by atoms with Crippen LogP contribution in [0.4, 0.5) is 15.9 Å². The standard InChI is InChI=1S/C23H24FN7O2/c1-13-19(30(2)3)21(26-12-14-7-5-8-15(24)11-14)29-22(27-13)31-17-10-6-9-16(20(25)32)18(17)28-23(31)33-4/h5-11H,12H2,1-4H3,(H2,25,32)(H,26,27,29). The molecular weight excluding hydrogens is 425 g/mol. The zero-order valence-corrected chi connectivity index (χ0v) is 18.8. The summed E-state index contributed by atoms with van der Waals surface area (Å²) in [6.07, 6.45) is 0. The van der Waals surface area contributed by atoms with Gasteiger partial charge in [-0.1, -0.05) is 18.2 Å². The van der Waals surface area contributed by atoms with Gasteiger partial charge in [-0.3, -0.25) is 4.79 Å². The van der Waals surface area contributed by atoms with E-state index in [0.717, 1.165) is 11.3 Å². The number of rotatable bonds is 7. The number of nitrogens with zero attached hydrogens (tertiary/aromatic N) is 5. The molecule has 33 heavy (non-hydrogen) atoms. The second-order valence-electron chi connectivity index (χ2n) is 7.66. The van der Waals surface area contributed by atoms with E-state index in [-0.39, 0.29) is 17.4 Å².